The molecule has 2 nitrogen and oxygen atoms in total. The van der Waals surface area contributed by atoms with E-state index in [0.717, 1.165) is 13.0 Å². The molecule has 86 valence electrons. The van der Waals surface area contributed by atoms with E-state index >= 15 is 0 Å². The zero-order valence-corrected chi connectivity index (χ0v) is 10.5. The maximum Gasteiger partial charge on any atom is 0.0618 e. The van der Waals surface area contributed by atoms with Crippen LogP contribution in [0.5, 0.6) is 0 Å². The van der Waals surface area contributed by atoms with Gasteiger partial charge in [-0.15, -0.1) is 11.3 Å². The molecule has 3 heteroatoms. The number of hydrogen-bond donors (Lipinski definition) is 1. The van der Waals surface area contributed by atoms with Gasteiger partial charge in [-0.2, -0.15) is 0 Å². The van der Waals surface area contributed by atoms with Gasteiger partial charge in [0.25, 0.3) is 0 Å². The first-order valence-corrected chi connectivity index (χ1v) is 6.34. The summed E-state index contributed by atoms with van der Waals surface area (Å²) >= 11 is 1.82. The molecule has 0 amide bonds. The Bertz CT molecular complexity index is 452. The van der Waals surface area contributed by atoms with E-state index in [-0.39, 0.29) is 0 Å². The molecule has 1 aromatic carbocycles. The maximum atomic E-state index is 5.20. The van der Waals surface area contributed by atoms with E-state index in [1.165, 1.54) is 15.6 Å². The van der Waals surface area contributed by atoms with Crippen LogP contribution in [0.1, 0.15) is 5.56 Å². The van der Waals surface area contributed by atoms with E-state index in [0.29, 0.717) is 6.04 Å². The predicted octanol–water partition coefficient (Wildman–Crippen LogP) is 2.68. The van der Waals surface area contributed by atoms with Gasteiger partial charge in [0.2, 0.25) is 0 Å². The molecule has 0 bridgehead atoms. The molecule has 1 aromatic heterocycles. The smallest absolute Gasteiger partial charge is 0.0618 e. The lowest BCUT2D eigenvalue weighted by atomic mass is 10.1. The van der Waals surface area contributed by atoms with Crippen molar-refractivity contribution in [2.24, 2.45) is 0 Å². The van der Waals surface area contributed by atoms with Crippen molar-refractivity contribution in [3.63, 3.8) is 0 Å². The van der Waals surface area contributed by atoms with Crippen LogP contribution in [-0.2, 0) is 11.2 Å². The van der Waals surface area contributed by atoms with Crippen molar-refractivity contribution in [1.82, 2.24) is 5.32 Å². The van der Waals surface area contributed by atoms with Crippen molar-refractivity contribution in [3.8, 4) is 0 Å². The standard InChI is InChI=1S/C13H17NOS/c1-14-11(8-15-2)7-10-9-16-13-6-4-3-5-12(10)13/h3-6,9,11,14H,7-8H2,1-2H3. The van der Waals surface area contributed by atoms with Crippen LogP contribution in [0.25, 0.3) is 10.1 Å². The summed E-state index contributed by atoms with van der Waals surface area (Å²) in [6, 6.07) is 8.95. The molecule has 0 spiro atoms. The van der Waals surface area contributed by atoms with Crippen LogP contribution >= 0.6 is 11.3 Å². The molecular formula is C13H17NOS. The molecule has 0 aliphatic heterocycles. The quantitative estimate of drug-likeness (QED) is 0.860. The van der Waals surface area contributed by atoms with Crippen LogP contribution < -0.4 is 5.32 Å². The van der Waals surface area contributed by atoms with E-state index in [1.54, 1.807) is 7.11 Å². The molecule has 0 radical (unpaired) electrons. The summed E-state index contributed by atoms with van der Waals surface area (Å²) in [5.74, 6) is 0. The minimum atomic E-state index is 0.392. The topological polar surface area (TPSA) is 21.3 Å². The van der Waals surface area contributed by atoms with Crippen LogP contribution in [0.3, 0.4) is 0 Å². The third kappa shape index (κ3) is 2.43. The average molecular weight is 235 g/mol. The van der Waals surface area contributed by atoms with Gasteiger partial charge in [-0.05, 0) is 35.9 Å². The van der Waals surface area contributed by atoms with Crippen molar-refractivity contribution < 1.29 is 4.74 Å². The molecule has 0 fully saturated rings. The minimum Gasteiger partial charge on any atom is -0.383 e. The van der Waals surface area contributed by atoms with Gasteiger partial charge in [0.05, 0.1) is 6.61 Å². The lowest BCUT2D eigenvalue weighted by Crippen LogP contribution is -2.31. The van der Waals surface area contributed by atoms with E-state index in [4.69, 9.17) is 4.74 Å². The highest BCUT2D eigenvalue weighted by Crippen LogP contribution is 2.26. The predicted molar refractivity (Wildman–Crippen MR) is 70.3 cm³/mol. The van der Waals surface area contributed by atoms with Gasteiger partial charge >= 0.3 is 0 Å². The second-order valence-electron chi connectivity index (χ2n) is 3.90. The monoisotopic (exact) mass is 235 g/mol. The number of ether oxygens (including phenoxy) is 1. The zero-order chi connectivity index (χ0) is 11.4. The molecule has 0 saturated carbocycles. The second-order valence-corrected chi connectivity index (χ2v) is 4.81. The largest absolute Gasteiger partial charge is 0.383 e. The summed E-state index contributed by atoms with van der Waals surface area (Å²) in [6.45, 7) is 0.751. The SMILES string of the molecule is CNC(COC)Cc1csc2ccccc12. The molecule has 2 aromatic rings. The first-order chi connectivity index (χ1) is 7.85. The average Bonchev–Trinajstić information content (AvgIpc) is 2.72. The first kappa shape index (κ1) is 11.6. The lowest BCUT2D eigenvalue weighted by Gasteiger charge is -2.14. The molecule has 2 rings (SSSR count). The molecule has 1 heterocycles. The number of nitrogens with one attached hydrogen (secondary N) is 1. The zero-order valence-electron chi connectivity index (χ0n) is 9.69. The number of hydrogen-bond acceptors (Lipinski definition) is 3. The molecular weight excluding hydrogens is 218 g/mol. The Morgan fingerprint density at radius 2 is 2.19 bits per heavy atom. The van der Waals surface area contributed by atoms with Gasteiger partial charge in [-0.25, -0.2) is 0 Å². The number of thiophene rings is 1. The van der Waals surface area contributed by atoms with Crippen LogP contribution in [0.2, 0.25) is 0 Å². The third-order valence-corrected chi connectivity index (χ3v) is 3.82. The Balaban J connectivity index is 2.20. The molecule has 1 N–H and O–H groups in total. The van der Waals surface area contributed by atoms with Crippen molar-refractivity contribution in [2.45, 2.75) is 12.5 Å². The summed E-state index contributed by atoms with van der Waals surface area (Å²) in [4.78, 5) is 0. The normalized spacial score (nSPS) is 13.1. The number of rotatable bonds is 5. The summed E-state index contributed by atoms with van der Waals surface area (Å²) in [5, 5.41) is 6.92. The summed E-state index contributed by atoms with van der Waals surface area (Å²) < 4.78 is 6.56. The fraction of sp³-hybridized carbons (Fsp3) is 0.385. The number of fused-ring (bicyclic) bond motifs is 1. The van der Waals surface area contributed by atoms with E-state index in [9.17, 15) is 0 Å². The van der Waals surface area contributed by atoms with Gasteiger partial charge in [-0.3, -0.25) is 0 Å². The van der Waals surface area contributed by atoms with Crippen LogP contribution in [-0.4, -0.2) is 26.8 Å². The number of benzene rings is 1. The highest BCUT2D eigenvalue weighted by molar-refractivity contribution is 7.17. The van der Waals surface area contributed by atoms with Crippen molar-refractivity contribution in [2.75, 3.05) is 20.8 Å². The number of methoxy groups -OCH3 is 1. The van der Waals surface area contributed by atoms with Gasteiger partial charge in [0, 0.05) is 17.9 Å². The van der Waals surface area contributed by atoms with Gasteiger partial charge in [0.1, 0.15) is 0 Å². The molecule has 0 aliphatic rings. The molecule has 1 atom stereocenters. The van der Waals surface area contributed by atoms with E-state index < -0.39 is 0 Å². The Morgan fingerprint density at radius 1 is 1.38 bits per heavy atom. The van der Waals surface area contributed by atoms with Gasteiger partial charge < -0.3 is 10.1 Å². The van der Waals surface area contributed by atoms with Crippen molar-refractivity contribution in [3.05, 3.63) is 35.2 Å². The molecule has 0 aliphatic carbocycles. The molecule has 16 heavy (non-hydrogen) atoms. The highest BCUT2D eigenvalue weighted by Gasteiger charge is 2.10. The lowest BCUT2D eigenvalue weighted by molar-refractivity contribution is 0.169. The Kier molecular flexibility index (Phi) is 3.93. The fourth-order valence-electron chi connectivity index (χ4n) is 1.90. The Labute approximate surface area is 100 Å². The maximum absolute atomic E-state index is 5.20. The highest BCUT2D eigenvalue weighted by atomic mass is 32.1. The van der Waals surface area contributed by atoms with Crippen molar-refractivity contribution >= 4 is 21.4 Å². The molecule has 1 unspecified atom stereocenters. The van der Waals surface area contributed by atoms with Crippen LogP contribution in [0.4, 0.5) is 0 Å². The first-order valence-electron chi connectivity index (χ1n) is 5.46. The molecule has 0 saturated heterocycles. The Hall–Kier alpha value is -0.900. The van der Waals surface area contributed by atoms with E-state index in [2.05, 4.69) is 35.0 Å². The number of likely N-dealkylation sites (N-methyl/N-ethyl adjacent to an activating group) is 1. The van der Waals surface area contributed by atoms with Gasteiger partial charge in [-0.1, -0.05) is 18.2 Å². The summed E-state index contributed by atoms with van der Waals surface area (Å²) in [5.41, 5.74) is 1.41. The second kappa shape index (κ2) is 5.43. The summed E-state index contributed by atoms with van der Waals surface area (Å²) in [6.07, 6.45) is 1.02. The Morgan fingerprint density at radius 3 is 2.94 bits per heavy atom. The summed E-state index contributed by atoms with van der Waals surface area (Å²) in [7, 11) is 3.73. The van der Waals surface area contributed by atoms with Crippen molar-refractivity contribution in [1.29, 1.82) is 0 Å². The van der Waals surface area contributed by atoms with Gasteiger partial charge in [0.15, 0.2) is 0 Å². The van der Waals surface area contributed by atoms with Crippen LogP contribution in [0, 0.1) is 0 Å². The third-order valence-electron chi connectivity index (χ3n) is 2.80. The fourth-order valence-corrected chi connectivity index (χ4v) is 2.88. The minimum absolute atomic E-state index is 0.392. The van der Waals surface area contributed by atoms with Crippen LogP contribution in [0.15, 0.2) is 29.6 Å². The van der Waals surface area contributed by atoms with E-state index in [1.807, 2.05) is 18.4 Å².